The van der Waals surface area contributed by atoms with Crippen LogP contribution in [0.1, 0.15) is 16.8 Å². The molecule has 0 saturated heterocycles. The first-order valence-electron chi connectivity index (χ1n) is 5.77. The van der Waals surface area contributed by atoms with Gasteiger partial charge in [-0.15, -0.1) is 0 Å². The summed E-state index contributed by atoms with van der Waals surface area (Å²) in [6, 6.07) is 2.68. The van der Waals surface area contributed by atoms with Crippen molar-refractivity contribution >= 4 is 34.9 Å². The summed E-state index contributed by atoms with van der Waals surface area (Å²) in [6.07, 6.45) is -4.25. The Morgan fingerprint density at radius 1 is 1.24 bits per heavy atom. The Kier molecular flexibility index (Phi) is 6.57. The van der Waals surface area contributed by atoms with Crippen molar-refractivity contribution < 1.29 is 27.4 Å². The first kappa shape index (κ1) is 17.9. The smallest absolute Gasteiger partial charge is 0.411 e. The number of hydrogen-bond donors (Lipinski definition) is 1. The molecule has 0 aromatic heterocycles. The maximum atomic E-state index is 11.8. The first-order valence-corrected chi connectivity index (χ1v) is 6.52. The van der Waals surface area contributed by atoms with Crippen LogP contribution in [0.3, 0.4) is 0 Å². The van der Waals surface area contributed by atoms with Gasteiger partial charge in [-0.1, -0.05) is 23.2 Å². The molecule has 4 nitrogen and oxygen atoms in total. The molecule has 21 heavy (non-hydrogen) atoms. The molecule has 0 amide bonds. The van der Waals surface area contributed by atoms with Gasteiger partial charge in [-0.25, -0.2) is 4.79 Å². The molecular formula is C12H12Cl2F3NO3. The molecule has 0 saturated carbocycles. The average Bonchev–Trinajstić information content (AvgIpc) is 2.36. The minimum absolute atomic E-state index is 0.00197. The zero-order valence-electron chi connectivity index (χ0n) is 10.7. The van der Waals surface area contributed by atoms with Crippen molar-refractivity contribution in [2.45, 2.75) is 12.6 Å². The predicted molar refractivity (Wildman–Crippen MR) is 72.6 cm³/mol. The van der Waals surface area contributed by atoms with Gasteiger partial charge in [0.15, 0.2) is 0 Å². The molecule has 0 unspecified atom stereocenters. The molecule has 0 heterocycles. The van der Waals surface area contributed by atoms with E-state index in [-0.39, 0.29) is 40.9 Å². The third kappa shape index (κ3) is 6.41. The fourth-order valence-electron chi connectivity index (χ4n) is 1.35. The summed E-state index contributed by atoms with van der Waals surface area (Å²) in [4.78, 5) is 11.7. The van der Waals surface area contributed by atoms with Crippen LogP contribution in [0.4, 0.5) is 18.9 Å². The molecule has 1 aromatic carbocycles. The van der Waals surface area contributed by atoms with E-state index < -0.39 is 18.8 Å². The van der Waals surface area contributed by atoms with Crippen LogP contribution in [0.25, 0.3) is 0 Å². The van der Waals surface area contributed by atoms with Crippen LogP contribution >= 0.6 is 23.2 Å². The molecule has 118 valence electrons. The first-order chi connectivity index (χ1) is 9.70. The molecule has 0 aliphatic carbocycles. The molecule has 0 fully saturated rings. The predicted octanol–water partition coefficient (Wildman–Crippen LogP) is 3.70. The van der Waals surface area contributed by atoms with E-state index in [1.165, 1.54) is 12.1 Å². The van der Waals surface area contributed by atoms with Crippen LogP contribution in [-0.4, -0.2) is 32.0 Å². The standard InChI is InChI=1S/C12H12Cl2F3NO3/c13-9-5-7(18)4-8(10(9)14)11(19)21-3-1-2-20-6-12(15,16)17/h4-5H,1-3,6,18H2. The van der Waals surface area contributed by atoms with Gasteiger partial charge in [-0.3, -0.25) is 0 Å². The molecule has 0 aliphatic heterocycles. The Bertz CT molecular complexity index is 509. The van der Waals surface area contributed by atoms with Crippen molar-refractivity contribution in [1.29, 1.82) is 0 Å². The van der Waals surface area contributed by atoms with Crippen molar-refractivity contribution in [2.75, 3.05) is 25.6 Å². The third-order valence-electron chi connectivity index (χ3n) is 2.20. The normalized spacial score (nSPS) is 11.5. The van der Waals surface area contributed by atoms with E-state index in [9.17, 15) is 18.0 Å². The highest BCUT2D eigenvalue weighted by molar-refractivity contribution is 6.44. The zero-order valence-corrected chi connectivity index (χ0v) is 12.2. The van der Waals surface area contributed by atoms with Gasteiger partial charge in [0.25, 0.3) is 0 Å². The highest BCUT2D eigenvalue weighted by atomic mass is 35.5. The summed E-state index contributed by atoms with van der Waals surface area (Å²) in [7, 11) is 0. The summed E-state index contributed by atoms with van der Waals surface area (Å²) >= 11 is 11.6. The topological polar surface area (TPSA) is 61.6 Å². The highest BCUT2D eigenvalue weighted by Gasteiger charge is 2.27. The second-order valence-corrected chi connectivity index (χ2v) is 4.81. The van der Waals surface area contributed by atoms with Gasteiger partial charge in [-0.2, -0.15) is 13.2 Å². The van der Waals surface area contributed by atoms with Crippen LogP contribution in [0.15, 0.2) is 12.1 Å². The van der Waals surface area contributed by atoms with Crippen LogP contribution < -0.4 is 5.73 Å². The number of alkyl halides is 3. The lowest BCUT2D eigenvalue weighted by atomic mass is 10.2. The fourth-order valence-corrected chi connectivity index (χ4v) is 1.76. The average molecular weight is 346 g/mol. The van der Waals surface area contributed by atoms with Crippen molar-refractivity contribution in [3.05, 3.63) is 27.7 Å². The number of anilines is 1. The lowest BCUT2D eigenvalue weighted by Gasteiger charge is -2.09. The molecule has 0 atom stereocenters. The van der Waals surface area contributed by atoms with Gasteiger partial charge in [0.05, 0.1) is 28.8 Å². The van der Waals surface area contributed by atoms with Crippen molar-refractivity contribution in [2.24, 2.45) is 0 Å². The number of halogens is 5. The number of hydrogen-bond acceptors (Lipinski definition) is 4. The Morgan fingerprint density at radius 3 is 2.52 bits per heavy atom. The van der Waals surface area contributed by atoms with E-state index >= 15 is 0 Å². The van der Waals surface area contributed by atoms with E-state index in [0.717, 1.165) is 0 Å². The van der Waals surface area contributed by atoms with Gasteiger partial charge in [0.2, 0.25) is 0 Å². The Labute approximate surface area is 128 Å². The van der Waals surface area contributed by atoms with Crippen LogP contribution in [0.2, 0.25) is 10.0 Å². The van der Waals surface area contributed by atoms with Crippen molar-refractivity contribution in [3.63, 3.8) is 0 Å². The molecule has 9 heteroatoms. The Hall–Kier alpha value is -1.18. The molecule has 1 rings (SSSR count). The number of carbonyl (C=O) groups excluding carboxylic acids is 1. The number of benzene rings is 1. The summed E-state index contributed by atoms with van der Waals surface area (Å²) in [5.74, 6) is -0.759. The molecule has 0 bridgehead atoms. The lowest BCUT2D eigenvalue weighted by Crippen LogP contribution is -2.18. The molecule has 2 N–H and O–H groups in total. The molecule has 0 radical (unpaired) electrons. The van der Waals surface area contributed by atoms with Gasteiger partial charge >= 0.3 is 12.1 Å². The van der Waals surface area contributed by atoms with E-state index in [1.54, 1.807) is 0 Å². The second-order valence-electron chi connectivity index (χ2n) is 4.02. The number of ether oxygens (including phenoxy) is 2. The number of carbonyl (C=O) groups is 1. The summed E-state index contributed by atoms with van der Waals surface area (Å²) in [6.45, 7) is -1.63. The SMILES string of the molecule is Nc1cc(Cl)c(Cl)c(C(=O)OCCCOCC(F)(F)F)c1. The third-order valence-corrected chi connectivity index (χ3v) is 3.00. The van der Waals surface area contributed by atoms with E-state index in [0.29, 0.717) is 0 Å². The summed E-state index contributed by atoms with van der Waals surface area (Å²) < 4.78 is 44.6. The molecule has 1 aromatic rings. The molecule has 0 aliphatic rings. The summed E-state index contributed by atoms with van der Waals surface area (Å²) in [5.41, 5.74) is 5.76. The summed E-state index contributed by atoms with van der Waals surface area (Å²) in [5, 5.41) is 0.112. The highest BCUT2D eigenvalue weighted by Crippen LogP contribution is 2.29. The minimum atomic E-state index is -4.37. The van der Waals surface area contributed by atoms with Gasteiger partial charge in [0.1, 0.15) is 6.61 Å². The second kappa shape index (κ2) is 7.72. The van der Waals surface area contributed by atoms with Crippen LogP contribution in [-0.2, 0) is 9.47 Å². The number of nitrogens with two attached hydrogens (primary N) is 1. The van der Waals surface area contributed by atoms with E-state index in [1.807, 2.05) is 0 Å². The Balaban J connectivity index is 2.38. The van der Waals surface area contributed by atoms with Crippen LogP contribution in [0.5, 0.6) is 0 Å². The van der Waals surface area contributed by atoms with Gasteiger partial charge < -0.3 is 15.2 Å². The monoisotopic (exact) mass is 345 g/mol. The van der Waals surface area contributed by atoms with Crippen LogP contribution in [0, 0.1) is 0 Å². The van der Waals surface area contributed by atoms with Gasteiger partial charge in [0, 0.05) is 12.1 Å². The quantitative estimate of drug-likeness (QED) is 0.485. The molecular weight excluding hydrogens is 334 g/mol. The fraction of sp³-hybridized carbons (Fsp3) is 0.417. The number of esters is 1. The largest absolute Gasteiger partial charge is 0.462 e. The van der Waals surface area contributed by atoms with E-state index in [2.05, 4.69) is 4.74 Å². The minimum Gasteiger partial charge on any atom is -0.462 e. The van der Waals surface area contributed by atoms with Crippen molar-refractivity contribution in [3.8, 4) is 0 Å². The van der Waals surface area contributed by atoms with E-state index in [4.69, 9.17) is 33.7 Å². The van der Waals surface area contributed by atoms with Crippen molar-refractivity contribution in [1.82, 2.24) is 0 Å². The van der Waals surface area contributed by atoms with Gasteiger partial charge in [-0.05, 0) is 12.1 Å². The Morgan fingerprint density at radius 2 is 1.90 bits per heavy atom. The lowest BCUT2D eigenvalue weighted by molar-refractivity contribution is -0.174. The molecule has 0 spiro atoms. The zero-order chi connectivity index (χ0) is 16.0. The maximum Gasteiger partial charge on any atom is 0.411 e. The number of nitrogen functional groups attached to an aromatic ring is 1. The maximum absolute atomic E-state index is 11.8. The number of rotatable bonds is 6.